The van der Waals surface area contributed by atoms with Crippen LogP contribution < -0.4 is 11.1 Å². The number of para-hydroxylation sites is 2. The molecule has 0 amide bonds. The Kier molecular flexibility index (Phi) is 19.4. The number of carboxylic acids is 1. The Morgan fingerprint density at radius 1 is 0.711 bits per heavy atom. The van der Waals surface area contributed by atoms with E-state index >= 15 is 0 Å². The molecule has 2 aromatic rings. The van der Waals surface area contributed by atoms with Gasteiger partial charge in [0.05, 0.1) is 5.69 Å². The molecule has 2 aromatic carbocycles. The Morgan fingerprint density at radius 2 is 1.16 bits per heavy atom. The van der Waals surface area contributed by atoms with E-state index in [2.05, 4.69) is 17.2 Å². The maximum absolute atomic E-state index is 10.3. The van der Waals surface area contributed by atoms with Crippen molar-refractivity contribution in [1.82, 2.24) is 0 Å². The fourth-order valence-corrected chi connectivity index (χ4v) is 4.35. The number of guanidine groups is 1. The average Bonchev–Trinajstić information content (AvgIpc) is 2.89. The molecule has 0 unspecified atom stereocenters. The number of hydrogen-bond acceptors (Lipinski definition) is 2. The predicted molar refractivity (Wildman–Crippen MR) is 164 cm³/mol. The molecule has 38 heavy (non-hydrogen) atoms. The third-order valence-corrected chi connectivity index (χ3v) is 6.76. The van der Waals surface area contributed by atoms with Crippen LogP contribution in [0.4, 0.5) is 11.4 Å². The Morgan fingerprint density at radius 3 is 1.63 bits per heavy atom. The summed E-state index contributed by atoms with van der Waals surface area (Å²) in [5.41, 5.74) is 10.0. The summed E-state index contributed by atoms with van der Waals surface area (Å²) >= 11 is 0. The predicted octanol–water partition coefficient (Wildman–Crippen LogP) is 9.69. The molecular weight excluding hydrogens is 470 g/mol. The van der Waals surface area contributed by atoms with E-state index in [0.717, 1.165) is 35.3 Å². The van der Waals surface area contributed by atoms with Crippen LogP contribution in [0.3, 0.4) is 0 Å². The zero-order valence-electron chi connectivity index (χ0n) is 24.3. The van der Waals surface area contributed by atoms with Crippen LogP contribution in [0.25, 0.3) is 0 Å². The summed E-state index contributed by atoms with van der Waals surface area (Å²) in [6.45, 7) is 6.31. The Bertz CT molecular complexity index is 911. The van der Waals surface area contributed by atoms with Gasteiger partial charge in [-0.25, -0.2) is 4.99 Å². The minimum atomic E-state index is -0.653. The SMILES string of the molecule is CCCCCCCCCCCCCCCCCC(=O)O.Cc1ccccc1N=C(N)Nc1ccccc1C. The van der Waals surface area contributed by atoms with Crippen LogP contribution in [-0.2, 0) is 4.79 Å². The van der Waals surface area contributed by atoms with Crippen molar-refractivity contribution in [3.8, 4) is 0 Å². The van der Waals surface area contributed by atoms with Gasteiger partial charge in [0.25, 0.3) is 0 Å². The Balaban J connectivity index is 0.000000381. The van der Waals surface area contributed by atoms with Gasteiger partial charge in [0, 0.05) is 12.1 Å². The minimum Gasteiger partial charge on any atom is -0.481 e. The molecule has 5 heteroatoms. The van der Waals surface area contributed by atoms with Gasteiger partial charge in [0.1, 0.15) is 0 Å². The summed E-state index contributed by atoms with van der Waals surface area (Å²) in [5, 5.41) is 11.6. The first kappa shape index (κ1) is 33.2. The van der Waals surface area contributed by atoms with Crippen molar-refractivity contribution in [3.05, 3.63) is 59.7 Å². The summed E-state index contributed by atoms with van der Waals surface area (Å²) < 4.78 is 0. The zero-order chi connectivity index (χ0) is 27.8. The van der Waals surface area contributed by atoms with Gasteiger partial charge in [0.15, 0.2) is 5.96 Å². The second-order valence-electron chi connectivity index (χ2n) is 10.3. The lowest BCUT2D eigenvalue weighted by Gasteiger charge is -2.08. The molecule has 0 saturated heterocycles. The quantitative estimate of drug-likeness (QED) is 0.103. The van der Waals surface area contributed by atoms with Crippen molar-refractivity contribution in [2.45, 2.75) is 124 Å². The van der Waals surface area contributed by atoms with Gasteiger partial charge < -0.3 is 16.2 Å². The first-order valence-corrected chi connectivity index (χ1v) is 14.9. The van der Waals surface area contributed by atoms with Crippen LogP contribution in [0.5, 0.6) is 0 Å². The topological polar surface area (TPSA) is 87.7 Å². The number of hydrogen-bond donors (Lipinski definition) is 3. The van der Waals surface area contributed by atoms with E-state index in [-0.39, 0.29) is 0 Å². The number of nitrogens with two attached hydrogens (primary N) is 1. The number of rotatable bonds is 18. The molecule has 0 aliphatic carbocycles. The van der Waals surface area contributed by atoms with Crippen molar-refractivity contribution in [2.24, 2.45) is 10.7 Å². The zero-order valence-corrected chi connectivity index (χ0v) is 24.3. The van der Waals surface area contributed by atoms with Gasteiger partial charge in [-0.2, -0.15) is 0 Å². The monoisotopic (exact) mass is 523 g/mol. The van der Waals surface area contributed by atoms with Crippen LogP contribution in [0, 0.1) is 13.8 Å². The summed E-state index contributed by atoms with van der Waals surface area (Å²) in [5.74, 6) is -0.252. The van der Waals surface area contributed by atoms with Crippen molar-refractivity contribution in [2.75, 3.05) is 5.32 Å². The molecule has 0 atom stereocenters. The molecule has 2 rings (SSSR count). The maximum atomic E-state index is 10.3. The smallest absolute Gasteiger partial charge is 0.303 e. The average molecular weight is 524 g/mol. The molecule has 212 valence electrons. The number of carbonyl (C=O) groups is 1. The largest absolute Gasteiger partial charge is 0.481 e. The van der Waals surface area contributed by atoms with Crippen molar-refractivity contribution in [3.63, 3.8) is 0 Å². The molecule has 0 bridgehead atoms. The van der Waals surface area contributed by atoms with Gasteiger partial charge in [-0.3, -0.25) is 4.79 Å². The molecule has 0 aromatic heterocycles. The Hall–Kier alpha value is -2.82. The Labute approximate surface area is 232 Å². The molecule has 0 aliphatic rings. The molecular formula is C33H53N3O2. The first-order chi connectivity index (χ1) is 18.4. The first-order valence-electron chi connectivity index (χ1n) is 14.9. The summed E-state index contributed by atoms with van der Waals surface area (Å²) in [7, 11) is 0. The van der Waals surface area contributed by atoms with Crippen LogP contribution in [-0.4, -0.2) is 17.0 Å². The number of aryl methyl sites for hydroxylation is 2. The van der Waals surface area contributed by atoms with Crippen LogP contribution >= 0.6 is 0 Å². The van der Waals surface area contributed by atoms with E-state index in [1.54, 1.807) is 0 Å². The number of nitrogens with zero attached hydrogens (tertiary/aromatic N) is 1. The van der Waals surface area contributed by atoms with Gasteiger partial charge in [0.2, 0.25) is 0 Å². The van der Waals surface area contributed by atoms with Gasteiger partial charge in [-0.1, -0.05) is 133 Å². The fourth-order valence-electron chi connectivity index (χ4n) is 4.35. The highest BCUT2D eigenvalue weighted by Gasteiger charge is 2.00. The summed E-state index contributed by atoms with van der Waals surface area (Å²) in [4.78, 5) is 14.7. The highest BCUT2D eigenvalue weighted by molar-refractivity contribution is 5.94. The molecule has 5 nitrogen and oxygen atoms in total. The van der Waals surface area contributed by atoms with Crippen LogP contribution in [0.15, 0.2) is 53.5 Å². The van der Waals surface area contributed by atoms with E-state index < -0.39 is 5.97 Å². The fraction of sp³-hybridized carbons (Fsp3) is 0.576. The molecule has 0 fully saturated rings. The summed E-state index contributed by atoms with van der Waals surface area (Å²) in [6.07, 6.45) is 20.2. The second-order valence-corrected chi connectivity index (χ2v) is 10.3. The van der Waals surface area contributed by atoms with Crippen molar-refractivity contribution in [1.29, 1.82) is 0 Å². The standard InChI is InChI=1S/C18H36O2.C15H17N3/c1-2-3-4-5-6-7-8-9-10-11-12-13-14-15-16-17-18(19)20;1-11-7-3-5-9-13(11)17-15(16)18-14-10-6-4-8-12(14)2/h2-17H2,1H3,(H,19,20);3-10H,1-2H3,(H3,16,17,18). The molecule has 0 spiro atoms. The minimum absolute atomic E-state index is 0.345. The number of nitrogens with one attached hydrogen (secondary N) is 1. The van der Waals surface area contributed by atoms with Gasteiger partial charge >= 0.3 is 5.97 Å². The molecule has 4 N–H and O–H groups in total. The van der Waals surface area contributed by atoms with Gasteiger partial charge in [-0.05, 0) is 43.5 Å². The summed E-state index contributed by atoms with van der Waals surface area (Å²) in [6, 6.07) is 15.9. The van der Waals surface area contributed by atoms with E-state index in [4.69, 9.17) is 10.8 Å². The van der Waals surface area contributed by atoms with E-state index in [0.29, 0.717) is 12.4 Å². The third-order valence-electron chi connectivity index (χ3n) is 6.76. The maximum Gasteiger partial charge on any atom is 0.303 e. The molecule has 0 heterocycles. The molecule has 0 saturated carbocycles. The highest BCUT2D eigenvalue weighted by Crippen LogP contribution is 2.18. The normalized spacial score (nSPS) is 11.1. The van der Waals surface area contributed by atoms with Crippen molar-refractivity contribution < 1.29 is 9.90 Å². The lowest BCUT2D eigenvalue weighted by molar-refractivity contribution is -0.137. The second kappa shape index (κ2) is 22.2. The van der Waals surface area contributed by atoms with E-state index in [9.17, 15) is 4.79 Å². The lowest BCUT2D eigenvalue weighted by atomic mass is 10.0. The number of anilines is 1. The van der Waals surface area contributed by atoms with Crippen LogP contribution in [0.1, 0.15) is 121 Å². The van der Waals surface area contributed by atoms with Gasteiger partial charge in [-0.15, -0.1) is 0 Å². The number of benzene rings is 2. The van der Waals surface area contributed by atoms with Crippen molar-refractivity contribution >= 4 is 23.3 Å². The third kappa shape index (κ3) is 17.6. The van der Waals surface area contributed by atoms with E-state index in [1.165, 1.54) is 83.5 Å². The molecule has 0 aliphatic heterocycles. The van der Waals surface area contributed by atoms with Crippen LogP contribution in [0.2, 0.25) is 0 Å². The number of aliphatic imine (C=N–C) groups is 1. The lowest BCUT2D eigenvalue weighted by Crippen LogP contribution is -2.22. The highest BCUT2D eigenvalue weighted by atomic mass is 16.4. The molecule has 0 radical (unpaired) electrons. The van der Waals surface area contributed by atoms with E-state index in [1.807, 2.05) is 62.4 Å². The number of carboxylic acid groups (broad SMARTS) is 1. The number of unbranched alkanes of at least 4 members (excludes halogenated alkanes) is 14. The number of aliphatic carboxylic acids is 1.